The maximum absolute atomic E-state index is 11.5. The smallest absolute Gasteiger partial charge is 0.317 e. The van der Waals surface area contributed by atoms with E-state index in [-0.39, 0.29) is 5.82 Å². The number of hydrogen-bond donors (Lipinski definition) is 1. The van der Waals surface area contributed by atoms with Crippen LogP contribution in [0.25, 0.3) is 0 Å². The van der Waals surface area contributed by atoms with Crippen LogP contribution >= 0.6 is 0 Å². The van der Waals surface area contributed by atoms with E-state index in [0.717, 1.165) is 0 Å². The Morgan fingerprint density at radius 2 is 2.21 bits per heavy atom. The van der Waals surface area contributed by atoms with Crippen molar-refractivity contribution in [1.82, 2.24) is 10.3 Å². The Labute approximate surface area is 81.4 Å². The fraction of sp³-hybridized carbons (Fsp3) is 0.625. The summed E-state index contributed by atoms with van der Waals surface area (Å²) < 4.78 is 9.31. The lowest BCUT2D eigenvalue weighted by molar-refractivity contribution is -0.149. The summed E-state index contributed by atoms with van der Waals surface area (Å²) in [5.74, 6) is -0.287. The molecule has 1 aromatic rings. The van der Waals surface area contributed by atoms with Crippen molar-refractivity contribution >= 4 is 11.8 Å². The second-order valence-corrected chi connectivity index (χ2v) is 3.34. The van der Waals surface area contributed by atoms with Crippen molar-refractivity contribution in [2.45, 2.75) is 26.2 Å². The molecule has 0 aliphatic rings. The lowest BCUT2D eigenvalue weighted by atomic mass is 9.89. The van der Waals surface area contributed by atoms with Crippen molar-refractivity contribution < 1.29 is 14.2 Å². The topological polar surface area (TPSA) is 91.2 Å². The number of hydrogen-bond acceptors (Lipinski definition) is 6. The zero-order chi connectivity index (χ0) is 10.8. The van der Waals surface area contributed by atoms with Gasteiger partial charge in [0.2, 0.25) is 0 Å². The Bertz CT molecular complexity index is 332. The molecule has 0 aliphatic carbocycles. The molecule has 0 saturated heterocycles. The third kappa shape index (κ3) is 1.68. The summed E-state index contributed by atoms with van der Waals surface area (Å²) in [5, 5.41) is 6.99. The number of carbonyl (C=O) groups excluding carboxylic acids is 1. The first-order valence-corrected chi connectivity index (χ1v) is 4.26. The first-order chi connectivity index (χ1) is 6.50. The quantitative estimate of drug-likeness (QED) is 0.712. The highest BCUT2D eigenvalue weighted by Crippen LogP contribution is 2.26. The van der Waals surface area contributed by atoms with Gasteiger partial charge in [0.25, 0.3) is 0 Å². The van der Waals surface area contributed by atoms with Crippen LogP contribution in [0.3, 0.4) is 0 Å². The third-order valence-electron chi connectivity index (χ3n) is 1.89. The van der Waals surface area contributed by atoms with Crippen molar-refractivity contribution in [3.8, 4) is 0 Å². The molecule has 0 unspecified atom stereocenters. The minimum absolute atomic E-state index is 0.114. The van der Waals surface area contributed by atoms with Gasteiger partial charge in [-0.15, -0.1) is 0 Å². The number of anilines is 1. The first-order valence-electron chi connectivity index (χ1n) is 4.26. The van der Waals surface area contributed by atoms with Gasteiger partial charge in [-0.3, -0.25) is 4.79 Å². The molecule has 6 heteroatoms. The SMILES string of the molecule is CCOC(=O)C(C)(C)c1nonc1N. The molecule has 0 radical (unpaired) electrons. The molecule has 78 valence electrons. The van der Waals surface area contributed by atoms with Gasteiger partial charge in [-0.25, -0.2) is 4.63 Å². The minimum Gasteiger partial charge on any atom is -0.465 e. The van der Waals surface area contributed by atoms with Crippen LogP contribution < -0.4 is 5.73 Å². The second-order valence-electron chi connectivity index (χ2n) is 3.34. The zero-order valence-corrected chi connectivity index (χ0v) is 8.40. The molecule has 1 rings (SSSR count). The molecule has 0 fully saturated rings. The zero-order valence-electron chi connectivity index (χ0n) is 8.40. The van der Waals surface area contributed by atoms with E-state index in [2.05, 4.69) is 14.9 Å². The summed E-state index contributed by atoms with van der Waals surface area (Å²) in [6.45, 7) is 5.35. The molecule has 0 aliphatic heterocycles. The molecular formula is C8H13N3O3. The predicted molar refractivity (Wildman–Crippen MR) is 48.4 cm³/mol. The second kappa shape index (κ2) is 3.65. The summed E-state index contributed by atoms with van der Waals surface area (Å²) in [7, 11) is 0. The molecule has 0 spiro atoms. The molecule has 1 heterocycles. The highest BCUT2D eigenvalue weighted by atomic mass is 16.6. The van der Waals surface area contributed by atoms with E-state index in [1.807, 2.05) is 0 Å². The number of aromatic nitrogens is 2. The standard InChI is InChI=1S/C8H13N3O3/c1-4-13-7(12)8(2,3)5-6(9)11-14-10-5/h4H2,1-3H3,(H2,9,11). The maximum atomic E-state index is 11.5. The van der Waals surface area contributed by atoms with Gasteiger partial charge in [-0.05, 0) is 25.9 Å². The molecule has 0 atom stereocenters. The molecular weight excluding hydrogens is 186 g/mol. The van der Waals surface area contributed by atoms with Gasteiger partial charge < -0.3 is 10.5 Å². The fourth-order valence-corrected chi connectivity index (χ4v) is 1.04. The first kappa shape index (κ1) is 10.5. The van der Waals surface area contributed by atoms with E-state index in [1.54, 1.807) is 20.8 Å². The predicted octanol–water partition coefficient (Wildman–Crippen LogP) is 0.493. The van der Waals surface area contributed by atoms with Gasteiger partial charge in [0, 0.05) is 0 Å². The highest BCUT2D eigenvalue weighted by molar-refractivity contribution is 5.82. The normalized spacial score (nSPS) is 11.4. The van der Waals surface area contributed by atoms with Gasteiger partial charge in [0.05, 0.1) is 6.61 Å². The Kier molecular flexibility index (Phi) is 2.73. The van der Waals surface area contributed by atoms with Crippen molar-refractivity contribution in [2.75, 3.05) is 12.3 Å². The van der Waals surface area contributed by atoms with Crippen molar-refractivity contribution in [1.29, 1.82) is 0 Å². The van der Waals surface area contributed by atoms with Gasteiger partial charge >= 0.3 is 5.97 Å². The van der Waals surface area contributed by atoms with Crippen LogP contribution in [0.4, 0.5) is 5.82 Å². The van der Waals surface area contributed by atoms with E-state index in [0.29, 0.717) is 12.3 Å². The van der Waals surface area contributed by atoms with Crippen LogP contribution in [0.15, 0.2) is 4.63 Å². The van der Waals surface area contributed by atoms with Crippen LogP contribution in [0.2, 0.25) is 0 Å². The molecule has 14 heavy (non-hydrogen) atoms. The Balaban J connectivity index is 2.95. The van der Waals surface area contributed by atoms with Gasteiger partial charge in [0.1, 0.15) is 11.1 Å². The lowest BCUT2D eigenvalue weighted by Crippen LogP contribution is -2.32. The Morgan fingerprint density at radius 3 is 2.64 bits per heavy atom. The summed E-state index contributed by atoms with van der Waals surface area (Å²) in [6.07, 6.45) is 0. The average molecular weight is 199 g/mol. The van der Waals surface area contributed by atoms with Crippen LogP contribution in [-0.2, 0) is 14.9 Å². The monoisotopic (exact) mass is 199 g/mol. The van der Waals surface area contributed by atoms with Crippen molar-refractivity contribution in [2.24, 2.45) is 0 Å². The number of nitrogen functional groups attached to an aromatic ring is 1. The van der Waals surface area contributed by atoms with Gasteiger partial charge in [-0.1, -0.05) is 5.16 Å². The van der Waals surface area contributed by atoms with E-state index >= 15 is 0 Å². The summed E-state index contributed by atoms with van der Waals surface area (Å²) in [5.41, 5.74) is 4.86. The highest BCUT2D eigenvalue weighted by Gasteiger charge is 2.37. The van der Waals surface area contributed by atoms with Gasteiger partial charge in [-0.2, -0.15) is 0 Å². The van der Waals surface area contributed by atoms with Crippen LogP contribution in [0.5, 0.6) is 0 Å². The number of nitrogens with zero attached hydrogens (tertiary/aromatic N) is 2. The molecule has 6 nitrogen and oxygen atoms in total. The number of carbonyl (C=O) groups is 1. The number of ether oxygens (including phenoxy) is 1. The number of esters is 1. The van der Waals surface area contributed by atoms with Crippen LogP contribution in [-0.4, -0.2) is 22.9 Å². The Hall–Kier alpha value is -1.59. The molecule has 0 bridgehead atoms. The third-order valence-corrected chi connectivity index (χ3v) is 1.89. The fourth-order valence-electron chi connectivity index (χ4n) is 1.04. The molecule has 0 amide bonds. The number of nitrogens with two attached hydrogens (primary N) is 1. The lowest BCUT2D eigenvalue weighted by Gasteiger charge is -2.18. The van der Waals surface area contributed by atoms with Crippen LogP contribution in [0.1, 0.15) is 26.5 Å². The maximum Gasteiger partial charge on any atom is 0.317 e. The minimum atomic E-state index is -0.930. The van der Waals surface area contributed by atoms with E-state index in [1.165, 1.54) is 0 Å². The Morgan fingerprint density at radius 1 is 1.57 bits per heavy atom. The average Bonchev–Trinajstić information content (AvgIpc) is 2.52. The van der Waals surface area contributed by atoms with Crippen molar-refractivity contribution in [3.63, 3.8) is 0 Å². The van der Waals surface area contributed by atoms with Gasteiger partial charge in [0.15, 0.2) is 5.82 Å². The molecule has 0 aromatic carbocycles. The van der Waals surface area contributed by atoms with Crippen molar-refractivity contribution in [3.05, 3.63) is 5.69 Å². The van der Waals surface area contributed by atoms with E-state index in [4.69, 9.17) is 10.5 Å². The molecule has 1 aromatic heterocycles. The summed E-state index contributed by atoms with van der Waals surface area (Å²) in [6, 6.07) is 0. The summed E-state index contributed by atoms with van der Waals surface area (Å²) in [4.78, 5) is 11.5. The van der Waals surface area contributed by atoms with Crippen LogP contribution in [0, 0.1) is 0 Å². The summed E-state index contributed by atoms with van der Waals surface area (Å²) >= 11 is 0. The molecule has 0 saturated carbocycles. The van der Waals surface area contributed by atoms with E-state index < -0.39 is 11.4 Å². The largest absolute Gasteiger partial charge is 0.465 e. The van der Waals surface area contributed by atoms with E-state index in [9.17, 15) is 4.79 Å². The number of rotatable bonds is 3. The molecule has 2 N–H and O–H groups in total.